The van der Waals surface area contributed by atoms with Crippen LogP contribution in [0.25, 0.3) is 0 Å². The smallest absolute Gasteiger partial charge is 0.177 e. The Balaban J connectivity index is 2.47. The number of aromatic amines is 1. The van der Waals surface area contributed by atoms with Crippen LogP contribution >= 0.6 is 12.2 Å². The van der Waals surface area contributed by atoms with Gasteiger partial charge in [0, 0.05) is 23.9 Å². The van der Waals surface area contributed by atoms with Gasteiger partial charge in [0.15, 0.2) is 4.77 Å². The van der Waals surface area contributed by atoms with E-state index in [9.17, 15) is 0 Å². The summed E-state index contributed by atoms with van der Waals surface area (Å²) < 4.78 is 3.14. The van der Waals surface area contributed by atoms with Crippen molar-refractivity contribution >= 4 is 12.2 Å². The molecule has 0 aliphatic heterocycles. The SMILES string of the molecule is CCCCCCCCn1c(C(C)(C)C)c[nH]c1=S. The third-order valence-electron chi connectivity index (χ3n) is 3.37. The average Bonchev–Trinajstić information content (AvgIpc) is 2.65. The minimum absolute atomic E-state index is 0.162. The molecule has 0 amide bonds. The van der Waals surface area contributed by atoms with Gasteiger partial charge in [-0.3, -0.25) is 0 Å². The number of hydrogen-bond acceptors (Lipinski definition) is 1. The van der Waals surface area contributed by atoms with E-state index in [0.717, 1.165) is 11.3 Å². The highest BCUT2D eigenvalue weighted by atomic mass is 32.1. The van der Waals surface area contributed by atoms with Crippen LogP contribution < -0.4 is 0 Å². The fourth-order valence-corrected chi connectivity index (χ4v) is 2.54. The second-order valence-electron chi connectivity index (χ2n) is 6.15. The van der Waals surface area contributed by atoms with Gasteiger partial charge < -0.3 is 9.55 Å². The van der Waals surface area contributed by atoms with Crippen LogP contribution in [-0.4, -0.2) is 9.55 Å². The minimum atomic E-state index is 0.162. The van der Waals surface area contributed by atoms with Crippen LogP contribution in [0.2, 0.25) is 0 Å². The molecule has 1 aromatic heterocycles. The Morgan fingerprint density at radius 1 is 1.11 bits per heavy atom. The molecule has 0 saturated heterocycles. The molecular formula is C15H28N2S. The molecule has 0 aliphatic carbocycles. The summed E-state index contributed by atoms with van der Waals surface area (Å²) in [6, 6.07) is 0. The maximum absolute atomic E-state index is 5.37. The molecule has 1 heterocycles. The Morgan fingerprint density at radius 2 is 1.72 bits per heavy atom. The lowest BCUT2D eigenvalue weighted by molar-refractivity contribution is 0.489. The van der Waals surface area contributed by atoms with Gasteiger partial charge in [-0.05, 0) is 18.6 Å². The average molecular weight is 268 g/mol. The molecule has 18 heavy (non-hydrogen) atoms. The third kappa shape index (κ3) is 4.60. The molecule has 0 aliphatic rings. The number of nitrogens with zero attached hydrogens (tertiary/aromatic N) is 1. The molecule has 0 spiro atoms. The Bertz CT molecular complexity index is 395. The van der Waals surface area contributed by atoms with Crippen LogP contribution in [0.1, 0.15) is 71.9 Å². The number of rotatable bonds is 7. The first-order chi connectivity index (χ1) is 8.46. The standard InChI is InChI=1S/C15H28N2S/c1-5-6-7-8-9-10-11-17-13(15(2,3)4)12-16-14(17)18/h12H,5-11H2,1-4H3,(H,16,18). The van der Waals surface area contributed by atoms with Gasteiger partial charge in [-0.25, -0.2) is 0 Å². The fourth-order valence-electron chi connectivity index (χ4n) is 2.29. The lowest BCUT2D eigenvalue weighted by Crippen LogP contribution is -2.17. The first-order valence-electron chi connectivity index (χ1n) is 7.25. The molecule has 0 saturated carbocycles. The first kappa shape index (κ1) is 15.5. The molecule has 2 nitrogen and oxygen atoms in total. The third-order valence-corrected chi connectivity index (χ3v) is 3.71. The van der Waals surface area contributed by atoms with E-state index in [4.69, 9.17) is 12.2 Å². The zero-order valence-electron chi connectivity index (χ0n) is 12.4. The predicted octanol–water partition coefficient (Wildman–Crippen LogP) is 5.20. The highest BCUT2D eigenvalue weighted by molar-refractivity contribution is 7.71. The van der Waals surface area contributed by atoms with E-state index in [1.165, 1.54) is 44.2 Å². The Morgan fingerprint density at radius 3 is 2.33 bits per heavy atom. The van der Waals surface area contributed by atoms with Crippen molar-refractivity contribution < 1.29 is 0 Å². The summed E-state index contributed by atoms with van der Waals surface area (Å²) in [5.74, 6) is 0. The zero-order chi connectivity index (χ0) is 13.6. The second-order valence-corrected chi connectivity index (χ2v) is 6.54. The molecule has 3 heteroatoms. The van der Waals surface area contributed by atoms with Gasteiger partial charge >= 0.3 is 0 Å². The van der Waals surface area contributed by atoms with Gasteiger partial charge in [0.1, 0.15) is 0 Å². The van der Waals surface area contributed by atoms with Crippen LogP contribution in [0.15, 0.2) is 6.20 Å². The monoisotopic (exact) mass is 268 g/mol. The van der Waals surface area contributed by atoms with Crippen LogP contribution in [0, 0.1) is 4.77 Å². The Hall–Kier alpha value is -0.570. The van der Waals surface area contributed by atoms with Gasteiger partial charge in [-0.15, -0.1) is 0 Å². The topological polar surface area (TPSA) is 20.7 Å². The van der Waals surface area contributed by atoms with Crippen molar-refractivity contribution in [3.63, 3.8) is 0 Å². The van der Waals surface area contributed by atoms with E-state index >= 15 is 0 Å². The van der Waals surface area contributed by atoms with Gasteiger partial charge in [-0.2, -0.15) is 0 Å². The molecule has 0 unspecified atom stereocenters. The Kier molecular flexibility index (Phi) is 6.13. The number of aromatic nitrogens is 2. The van der Waals surface area contributed by atoms with Gasteiger partial charge in [0.2, 0.25) is 0 Å². The fraction of sp³-hybridized carbons (Fsp3) is 0.800. The Labute approximate surface area is 117 Å². The van der Waals surface area contributed by atoms with Crippen molar-refractivity contribution in [2.24, 2.45) is 0 Å². The summed E-state index contributed by atoms with van der Waals surface area (Å²) in [5, 5.41) is 0. The van der Waals surface area contributed by atoms with Crippen LogP contribution in [0.3, 0.4) is 0 Å². The van der Waals surface area contributed by atoms with Crippen molar-refractivity contribution in [3.8, 4) is 0 Å². The molecule has 1 N–H and O–H groups in total. The summed E-state index contributed by atoms with van der Waals surface area (Å²) in [4.78, 5) is 3.18. The van der Waals surface area contributed by atoms with Crippen molar-refractivity contribution in [1.82, 2.24) is 9.55 Å². The van der Waals surface area contributed by atoms with Crippen LogP contribution in [0.4, 0.5) is 0 Å². The largest absolute Gasteiger partial charge is 0.337 e. The summed E-state index contributed by atoms with van der Waals surface area (Å²) in [6.45, 7) is 10.0. The molecule has 0 aromatic carbocycles. The normalized spacial score (nSPS) is 12.0. The maximum atomic E-state index is 5.37. The van der Waals surface area contributed by atoms with E-state index in [1.807, 2.05) is 0 Å². The molecule has 1 rings (SSSR count). The lowest BCUT2D eigenvalue weighted by Gasteiger charge is -2.20. The van der Waals surface area contributed by atoms with Crippen LogP contribution in [0.5, 0.6) is 0 Å². The predicted molar refractivity (Wildman–Crippen MR) is 81.7 cm³/mol. The van der Waals surface area contributed by atoms with Gasteiger partial charge in [-0.1, -0.05) is 59.8 Å². The van der Waals surface area contributed by atoms with Crippen molar-refractivity contribution in [2.75, 3.05) is 0 Å². The van der Waals surface area contributed by atoms with E-state index < -0.39 is 0 Å². The maximum Gasteiger partial charge on any atom is 0.177 e. The number of H-pyrrole nitrogens is 1. The van der Waals surface area contributed by atoms with Crippen LogP contribution in [-0.2, 0) is 12.0 Å². The van der Waals surface area contributed by atoms with E-state index in [2.05, 4.69) is 43.4 Å². The highest BCUT2D eigenvalue weighted by Crippen LogP contribution is 2.22. The molecule has 0 radical (unpaired) electrons. The van der Waals surface area contributed by atoms with Crippen molar-refractivity contribution in [2.45, 2.75) is 78.2 Å². The molecule has 0 atom stereocenters. The van der Waals surface area contributed by atoms with E-state index in [1.54, 1.807) is 0 Å². The summed E-state index contributed by atoms with van der Waals surface area (Å²) >= 11 is 5.37. The molecule has 0 bridgehead atoms. The van der Waals surface area contributed by atoms with Gasteiger partial charge in [0.25, 0.3) is 0 Å². The van der Waals surface area contributed by atoms with Crippen molar-refractivity contribution in [1.29, 1.82) is 0 Å². The minimum Gasteiger partial charge on any atom is -0.337 e. The summed E-state index contributed by atoms with van der Waals surface area (Å²) in [6.07, 6.45) is 10.0. The summed E-state index contributed by atoms with van der Waals surface area (Å²) in [7, 11) is 0. The lowest BCUT2D eigenvalue weighted by atomic mass is 9.92. The zero-order valence-corrected chi connectivity index (χ0v) is 13.2. The first-order valence-corrected chi connectivity index (χ1v) is 7.66. The number of hydrogen-bond donors (Lipinski definition) is 1. The number of imidazole rings is 1. The van der Waals surface area contributed by atoms with Gasteiger partial charge in [0.05, 0.1) is 0 Å². The summed E-state index contributed by atoms with van der Waals surface area (Å²) in [5.41, 5.74) is 1.48. The molecule has 104 valence electrons. The highest BCUT2D eigenvalue weighted by Gasteiger charge is 2.18. The van der Waals surface area contributed by atoms with Crippen molar-refractivity contribution in [3.05, 3.63) is 16.7 Å². The van der Waals surface area contributed by atoms with E-state index in [-0.39, 0.29) is 5.41 Å². The second kappa shape index (κ2) is 7.13. The molecule has 1 aromatic rings. The van der Waals surface area contributed by atoms with E-state index in [0.29, 0.717) is 0 Å². The molecule has 0 fully saturated rings. The number of nitrogens with one attached hydrogen (secondary N) is 1. The molecular weight excluding hydrogens is 240 g/mol. The number of unbranched alkanes of at least 4 members (excludes halogenated alkanes) is 5. The quantitative estimate of drug-likeness (QED) is 0.532.